The second-order valence-electron chi connectivity index (χ2n) is 19.3. The average Bonchev–Trinajstić information content (AvgIpc) is 4.09. The number of furan rings is 1. The van der Waals surface area contributed by atoms with Crippen LogP contribution in [0.1, 0.15) is 76.0 Å². The number of para-hydroxylation sites is 2. The first-order valence-electron chi connectivity index (χ1n) is 24.4. The zero-order valence-corrected chi connectivity index (χ0v) is 43.8. The van der Waals surface area contributed by atoms with Crippen molar-refractivity contribution >= 4 is 86.0 Å². The predicted octanol–water partition coefficient (Wildman–Crippen LogP) is 18.6. The van der Waals surface area contributed by atoms with E-state index < -0.39 is 0 Å². The maximum Gasteiger partial charge on any atom is 0.121 e. The van der Waals surface area contributed by atoms with Gasteiger partial charge >= 0.3 is 0 Å². The number of hydrogen-bond donors (Lipinski definition) is 0. The Bertz CT molecular complexity index is 4090. The number of aromatic nitrogens is 3. The second-order valence-corrected chi connectivity index (χ2v) is 20.4. The number of imidazole rings is 1. The van der Waals surface area contributed by atoms with Crippen molar-refractivity contribution in [1.82, 2.24) is 14.5 Å². The zero-order valence-electron chi connectivity index (χ0n) is 40.5. The summed E-state index contributed by atoms with van der Waals surface area (Å²) in [5.74, 6) is 2.03. The normalized spacial score (nSPS) is 11.8. The summed E-state index contributed by atoms with van der Waals surface area (Å²) in [4.78, 5) is 9.85. The van der Waals surface area contributed by atoms with Gasteiger partial charge in [-0.3, -0.25) is 4.98 Å². The van der Waals surface area contributed by atoms with Gasteiger partial charge < -0.3 is 14.0 Å². The maximum absolute atomic E-state index is 6.40. The van der Waals surface area contributed by atoms with Crippen LogP contribution in [0.25, 0.3) is 114 Å². The summed E-state index contributed by atoms with van der Waals surface area (Å²) in [5.41, 5.74) is 14.4. The van der Waals surface area contributed by atoms with Gasteiger partial charge in [-0.05, 0) is 99.6 Å². The van der Waals surface area contributed by atoms with Crippen LogP contribution < -0.4 is 0 Å². The van der Waals surface area contributed by atoms with Gasteiger partial charge in [0.05, 0.1) is 22.4 Å². The molecule has 0 amide bonds. The maximum atomic E-state index is 6.40. The minimum atomic E-state index is 0. The zero-order chi connectivity index (χ0) is 47.6. The van der Waals surface area contributed by atoms with E-state index >= 15 is 0 Å². The summed E-state index contributed by atoms with van der Waals surface area (Å²) >= 11 is 1.83. The largest absolute Gasteiger partial charge is 0.501 e. The molecule has 6 heteroatoms. The van der Waals surface area contributed by atoms with Gasteiger partial charge in [-0.25, -0.2) is 0 Å². The quantitative estimate of drug-likeness (QED) is 0.118. The van der Waals surface area contributed by atoms with Gasteiger partial charge in [0.15, 0.2) is 0 Å². The third-order valence-electron chi connectivity index (χ3n) is 13.9. The average molecular weight is 1110 g/mol. The Morgan fingerprint density at radius 3 is 2.06 bits per heavy atom. The van der Waals surface area contributed by atoms with Crippen molar-refractivity contribution in [2.45, 2.75) is 59.3 Å². The number of hydrogen-bond acceptors (Lipinski definition) is 4. The molecule has 4 heterocycles. The molecule has 9 aromatic carbocycles. The fraction of sp³-hybridized carbons (Fsp3) is 0.138. The molecule has 1 radical (unpaired) electrons. The molecule has 13 aromatic rings. The number of rotatable bonds is 7. The van der Waals surface area contributed by atoms with Gasteiger partial charge in [0.1, 0.15) is 5.58 Å². The van der Waals surface area contributed by atoms with E-state index in [1.807, 2.05) is 23.6 Å². The SMILES string of the molecule is CC(C)c1cc(-c2ccccc2)cc(C(C)C)c1-n1c(-c2[c-]cc3c(ccc4ccccc43)c2)nc2ccccc21.CC(C)c1ccnc(-c2[c-]ccc3c2oc2cc4c(cc23)sc2ccccc24)c1.[Ir]. The molecule has 0 saturated carbocycles. The number of pyridine rings is 1. The standard InChI is InChI=1S/C39H33N2.C26H18NOS.Ir/c1-25(2)34-23-31(27-12-6-5-7-13-27)24-35(26(3)4)38(34)41-37-17-11-10-16-36(37)40-39(41)30-20-21-33-29(22-30)19-18-28-14-8-9-15-32(28)33;1-15(2)16-10-11-27-22(12-16)19-8-5-7-18-20-14-25-21(13-23(20)28-26(18)19)17-6-3-4-9-24(17)29-25;/h5-19,21-26H,1-4H3;3-7,9-15H,1-2H3;/q2*-1;. The van der Waals surface area contributed by atoms with Crippen molar-refractivity contribution in [1.29, 1.82) is 0 Å². The summed E-state index contributed by atoms with van der Waals surface area (Å²) in [5, 5.41) is 9.71. The Balaban J connectivity index is 0.000000160. The summed E-state index contributed by atoms with van der Waals surface area (Å²) in [6.45, 7) is 13.6. The third-order valence-corrected chi connectivity index (χ3v) is 15.0. The van der Waals surface area contributed by atoms with Crippen LogP contribution in [0.4, 0.5) is 0 Å². The van der Waals surface area contributed by atoms with Crippen molar-refractivity contribution in [3.05, 3.63) is 211 Å². The molecule has 4 nitrogen and oxygen atoms in total. The van der Waals surface area contributed by atoms with E-state index in [1.54, 1.807) is 0 Å². The van der Waals surface area contributed by atoms with Crippen LogP contribution in [0, 0.1) is 12.1 Å². The van der Waals surface area contributed by atoms with Gasteiger partial charge in [-0.2, -0.15) is 0 Å². The summed E-state index contributed by atoms with van der Waals surface area (Å²) < 4.78 is 11.4. The number of nitrogens with zero attached hydrogens (tertiary/aromatic N) is 3. The fourth-order valence-electron chi connectivity index (χ4n) is 10.2. The first kappa shape index (κ1) is 46.2. The molecule has 0 saturated heterocycles. The van der Waals surface area contributed by atoms with E-state index in [2.05, 4.69) is 233 Å². The van der Waals surface area contributed by atoms with E-state index in [9.17, 15) is 0 Å². The van der Waals surface area contributed by atoms with Crippen LogP contribution in [-0.2, 0) is 20.1 Å². The monoisotopic (exact) mass is 1110 g/mol. The number of benzene rings is 9. The minimum absolute atomic E-state index is 0. The van der Waals surface area contributed by atoms with E-state index in [-0.39, 0.29) is 20.1 Å². The van der Waals surface area contributed by atoms with Crippen LogP contribution in [0.2, 0.25) is 0 Å². The second kappa shape index (κ2) is 18.8. The van der Waals surface area contributed by atoms with E-state index in [0.29, 0.717) is 17.8 Å². The van der Waals surface area contributed by atoms with E-state index in [1.165, 1.54) is 75.2 Å². The molecule has 13 rings (SSSR count). The molecule has 0 unspecified atom stereocenters. The van der Waals surface area contributed by atoms with Gasteiger partial charge in [0.25, 0.3) is 0 Å². The Morgan fingerprint density at radius 1 is 0.549 bits per heavy atom. The first-order chi connectivity index (χ1) is 34.2. The molecule has 0 N–H and O–H groups in total. The van der Waals surface area contributed by atoms with Gasteiger partial charge in [-0.1, -0.05) is 172 Å². The molecule has 71 heavy (non-hydrogen) atoms. The molecular formula is C65H51IrN3OS-2. The molecule has 0 atom stereocenters. The molecule has 0 aliphatic heterocycles. The molecule has 0 aliphatic carbocycles. The molecular weight excluding hydrogens is 1060 g/mol. The van der Waals surface area contributed by atoms with Crippen LogP contribution in [0.3, 0.4) is 0 Å². The topological polar surface area (TPSA) is 43.9 Å². The molecule has 0 aliphatic rings. The Morgan fingerprint density at radius 2 is 1.27 bits per heavy atom. The molecule has 4 aromatic heterocycles. The van der Waals surface area contributed by atoms with Crippen molar-refractivity contribution < 1.29 is 24.5 Å². The molecule has 349 valence electrons. The number of fused-ring (bicyclic) bond motifs is 10. The third kappa shape index (κ3) is 8.24. The minimum Gasteiger partial charge on any atom is -0.501 e. The fourth-order valence-corrected chi connectivity index (χ4v) is 11.3. The summed E-state index contributed by atoms with van der Waals surface area (Å²) in [6, 6.07) is 69.7. The Hall–Kier alpha value is -7.21. The van der Waals surface area contributed by atoms with Crippen molar-refractivity contribution in [2.24, 2.45) is 0 Å². The van der Waals surface area contributed by atoms with Crippen LogP contribution >= 0.6 is 11.3 Å². The Labute approximate surface area is 432 Å². The van der Waals surface area contributed by atoms with Crippen molar-refractivity contribution in [3.8, 4) is 39.5 Å². The summed E-state index contributed by atoms with van der Waals surface area (Å²) in [7, 11) is 0. The van der Waals surface area contributed by atoms with Crippen LogP contribution in [-0.4, -0.2) is 14.5 Å². The van der Waals surface area contributed by atoms with Crippen LogP contribution in [0.15, 0.2) is 187 Å². The number of thiophene rings is 1. The molecule has 0 spiro atoms. The van der Waals surface area contributed by atoms with Crippen molar-refractivity contribution in [2.75, 3.05) is 0 Å². The Kier molecular flexibility index (Phi) is 12.3. The first-order valence-corrected chi connectivity index (χ1v) is 25.2. The predicted molar refractivity (Wildman–Crippen MR) is 297 cm³/mol. The van der Waals surface area contributed by atoms with E-state index in [0.717, 1.165) is 55.6 Å². The molecule has 0 bridgehead atoms. The van der Waals surface area contributed by atoms with Gasteiger partial charge in [0.2, 0.25) is 0 Å². The van der Waals surface area contributed by atoms with Crippen LogP contribution in [0.5, 0.6) is 0 Å². The summed E-state index contributed by atoms with van der Waals surface area (Å²) in [6.07, 6.45) is 1.88. The van der Waals surface area contributed by atoms with Gasteiger partial charge in [-0.15, -0.1) is 58.7 Å². The smallest absolute Gasteiger partial charge is 0.121 e. The van der Waals surface area contributed by atoms with E-state index in [4.69, 9.17) is 9.40 Å². The molecule has 0 fully saturated rings. The van der Waals surface area contributed by atoms with Gasteiger partial charge in [0, 0.05) is 57.5 Å². The van der Waals surface area contributed by atoms with Crippen molar-refractivity contribution in [3.63, 3.8) is 0 Å².